The third-order valence-corrected chi connectivity index (χ3v) is 2.94. The number of methoxy groups -OCH3 is 1. The highest BCUT2D eigenvalue weighted by Gasteiger charge is 2.39. The summed E-state index contributed by atoms with van der Waals surface area (Å²) in [4.78, 5) is 35.7. The summed E-state index contributed by atoms with van der Waals surface area (Å²) in [6.07, 6.45) is -2.13. The monoisotopic (exact) mass is 309 g/mol. The number of amides is 2. The van der Waals surface area contributed by atoms with Gasteiger partial charge in [0.1, 0.15) is 12.6 Å². The van der Waals surface area contributed by atoms with Gasteiger partial charge in [0.05, 0.1) is 7.11 Å². The minimum Gasteiger partial charge on any atom is -0.480 e. The lowest BCUT2D eigenvalue weighted by molar-refractivity contribution is -0.143. The minimum atomic E-state index is -1.37. The van der Waals surface area contributed by atoms with Crippen molar-refractivity contribution in [1.29, 1.82) is 0 Å². The number of hydrogen-bond acceptors (Lipinski definition) is 5. The number of hydrogen-bond donors (Lipinski definition) is 1. The van der Waals surface area contributed by atoms with E-state index in [0.29, 0.717) is 4.90 Å². The van der Waals surface area contributed by atoms with Crippen LogP contribution in [0.2, 0.25) is 0 Å². The lowest BCUT2D eigenvalue weighted by Crippen LogP contribution is -2.51. The Kier molecular flexibility index (Phi) is 6.37. The molecule has 0 radical (unpaired) electrons. The molecule has 0 bridgehead atoms. The van der Waals surface area contributed by atoms with Crippen LogP contribution in [0.3, 0.4) is 0 Å². The molecule has 0 unspecified atom stereocenters. The number of rotatable bonds is 5. The van der Waals surface area contributed by atoms with Gasteiger partial charge in [-0.2, -0.15) is 4.90 Å². The number of carbonyl (C=O) groups excluding carboxylic acids is 2. The van der Waals surface area contributed by atoms with E-state index >= 15 is 0 Å². The number of carboxylic acids is 1. The van der Waals surface area contributed by atoms with E-state index in [-0.39, 0.29) is 6.61 Å². The van der Waals surface area contributed by atoms with Crippen LogP contribution in [0.15, 0.2) is 30.3 Å². The Hall–Kier alpha value is -2.57. The summed E-state index contributed by atoms with van der Waals surface area (Å²) in [6, 6.07) is 7.48. The van der Waals surface area contributed by atoms with Gasteiger partial charge in [0.15, 0.2) is 0 Å². The van der Waals surface area contributed by atoms with Crippen LogP contribution in [-0.4, -0.2) is 41.3 Å². The maximum Gasteiger partial charge on any atom is 0.420 e. The van der Waals surface area contributed by atoms with Gasteiger partial charge in [-0.3, -0.25) is 0 Å². The van der Waals surface area contributed by atoms with Crippen molar-refractivity contribution in [3.63, 3.8) is 0 Å². The van der Waals surface area contributed by atoms with Crippen LogP contribution in [-0.2, 0) is 20.9 Å². The second-order valence-corrected chi connectivity index (χ2v) is 4.91. The maximum atomic E-state index is 12.1. The highest BCUT2D eigenvalue weighted by Crippen LogP contribution is 2.15. The Bertz CT molecular complexity index is 528. The first-order valence-electron chi connectivity index (χ1n) is 6.69. The van der Waals surface area contributed by atoms with Crippen molar-refractivity contribution in [2.24, 2.45) is 5.92 Å². The van der Waals surface area contributed by atoms with Gasteiger partial charge in [0, 0.05) is 0 Å². The van der Waals surface area contributed by atoms with E-state index in [2.05, 4.69) is 4.74 Å². The Labute approximate surface area is 128 Å². The largest absolute Gasteiger partial charge is 0.480 e. The highest BCUT2D eigenvalue weighted by molar-refractivity contribution is 5.93. The fourth-order valence-corrected chi connectivity index (χ4v) is 1.88. The van der Waals surface area contributed by atoms with E-state index in [0.717, 1.165) is 12.7 Å². The summed E-state index contributed by atoms with van der Waals surface area (Å²) in [5.74, 6) is -1.81. The molecule has 0 saturated heterocycles. The number of carbonyl (C=O) groups is 3. The summed E-state index contributed by atoms with van der Waals surface area (Å²) < 4.78 is 9.51. The Morgan fingerprint density at radius 3 is 2.18 bits per heavy atom. The molecule has 0 saturated carbocycles. The van der Waals surface area contributed by atoms with E-state index < -0.39 is 30.1 Å². The molecule has 1 aromatic rings. The quantitative estimate of drug-likeness (QED) is 0.898. The zero-order chi connectivity index (χ0) is 16.7. The molecule has 2 amide bonds. The standard InChI is InChI=1S/C15H19NO6/c1-10(2)12(13(17)18)16(14(19)21-3)15(20)22-9-11-7-5-4-6-8-11/h4-8,10,12H,9H2,1-3H3,(H,17,18)/t12-/m0/s1. The smallest absolute Gasteiger partial charge is 0.420 e. The van der Waals surface area contributed by atoms with Gasteiger partial charge >= 0.3 is 18.2 Å². The van der Waals surface area contributed by atoms with E-state index in [1.807, 2.05) is 6.07 Å². The fraction of sp³-hybridized carbons (Fsp3) is 0.400. The van der Waals surface area contributed by atoms with Crippen molar-refractivity contribution in [2.45, 2.75) is 26.5 Å². The lowest BCUT2D eigenvalue weighted by Gasteiger charge is -2.27. The predicted octanol–water partition coefficient (Wildman–Crippen LogP) is 2.50. The van der Waals surface area contributed by atoms with Crippen molar-refractivity contribution in [3.8, 4) is 0 Å². The average Bonchev–Trinajstić information content (AvgIpc) is 2.49. The van der Waals surface area contributed by atoms with Crippen molar-refractivity contribution in [3.05, 3.63) is 35.9 Å². The van der Waals surface area contributed by atoms with Crippen molar-refractivity contribution >= 4 is 18.2 Å². The van der Waals surface area contributed by atoms with Gasteiger partial charge in [0.2, 0.25) is 0 Å². The highest BCUT2D eigenvalue weighted by atomic mass is 16.6. The molecule has 1 N–H and O–H groups in total. The molecule has 0 spiro atoms. The number of carboxylic acid groups (broad SMARTS) is 1. The Balaban J connectivity index is 2.89. The Morgan fingerprint density at radius 2 is 1.73 bits per heavy atom. The summed E-state index contributed by atoms with van der Waals surface area (Å²) in [7, 11) is 1.07. The number of ether oxygens (including phenoxy) is 2. The average molecular weight is 309 g/mol. The van der Waals surface area contributed by atoms with Crippen LogP contribution in [0.4, 0.5) is 9.59 Å². The van der Waals surface area contributed by atoms with Gasteiger partial charge < -0.3 is 14.6 Å². The number of benzene rings is 1. The van der Waals surface area contributed by atoms with E-state index in [4.69, 9.17) is 4.74 Å². The van der Waals surface area contributed by atoms with Crippen LogP contribution >= 0.6 is 0 Å². The molecule has 0 aliphatic heterocycles. The molecular weight excluding hydrogens is 290 g/mol. The molecule has 22 heavy (non-hydrogen) atoms. The van der Waals surface area contributed by atoms with Gasteiger partial charge in [-0.25, -0.2) is 14.4 Å². The number of nitrogens with zero attached hydrogens (tertiary/aromatic N) is 1. The first-order valence-corrected chi connectivity index (χ1v) is 6.69. The van der Waals surface area contributed by atoms with Gasteiger partial charge in [0.25, 0.3) is 0 Å². The van der Waals surface area contributed by atoms with Crippen LogP contribution in [0.5, 0.6) is 0 Å². The number of aliphatic carboxylic acids is 1. The molecule has 1 atom stereocenters. The van der Waals surface area contributed by atoms with Crippen LogP contribution < -0.4 is 0 Å². The molecule has 0 heterocycles. The molecule has 0 fully saturated rings. The van der Waals surface area contributed by atoms with Crippen molar-refractivity contribution in [1.82, 2.24) is 4.90 Å². The summed E-state index contributed by atoms with van der Waals surface area (Å²) in [5, 5.41) is 9.24. The third-order valence-electron chi connectivity index (χ3n) is 2.94. The molecular formula is C15H19NO6. The second kappa shape index (κ2) is 8.02. The first-order chi connectivity index (χ1) is 10.4. The summed E-state index contributed by atoms with van der Waals surface area (Å²) in [6.45, 7) is 3.09. The van der Waals surface area contributed by atoms with Crippen molar-refractivity contribution < 1.29 is 29.0 Å². The summed E-state index contributed by atoms with van der Waals surface area (Å²) >= 11 is 0. The maximum absolute atomic E-state index is 12.1. The zero-order valence-corrected chi connectivity index (χ0v) is 12.7. The van der Waals surface area contributed by atoms with Gasteiger partial charge in [-0.05, 0) is 11.5 Å². The van der Waals surface area contributed by atoms with Crippen LogP contribution in [0.25, 0.3) is 0 Å². The minimum absolute atomic E-state index is 0.0718. The molecule has 0 aliphatic rings. The zero-order valence-electron chi connectivity index (χ0n) is 12.7. The molecule has 7 nitrogen and oxygen atoms in total. The SMILES string of the molecule is COC(=O)N(C(=O)OCc1ccccc1)[C@H](C(=O)O)C(C)C. The molecule has 120 valence electrons. The van der Waals surface area contributed by atoms with Gasteiger partial charge in [-0.1, -0.05) is 44.2 Å². The van der Waals surface area contributed by atoms with Gasteiger partial charge in [-0.15, -0.1) is 0 Å². The fourth-order valence-electron chi connectivity index (χ4n) is 1.88. The van der Waals surface area contributed by atoms with E-state index in [1.165, 1.54) is 0 Å². The van der Waals surface area contributed by atoms with Crippen LogP contribution in [0, 0.1) is 5.92 Å². The van der Waals surface area contributed by atoms with Crippen LogP contribution in [0.1, 0.15) is 19.4 Å². The molecule has 1 aromatic carbocycles. The van der Waals surface area contributed by atoms with E-state index in [1.54, 1.807) is 38.1 Å². The van der Waals surface area contributed by atoms with Crippen molar-refractivity contribution in [2.75, 3.05) is 7.11 Å². The third kappa shape index (κ3) is 4.47. The Morgan fingerprint density at radius 1 is 1.14 bits per heavy atom. The first kappa shape index (κ1) is 17.5. The summed E-state index contributed by atoms with van der Waals surface area (Å²) in [5.41, 5.74) is 0.720. The van der Waals surface area contributed by atoms with E-state index in [9.17, 15) is 19.5 Å². The number of imide groups is 1. The lowest BCUT2D eigenvalue weighted by atomic mass is 10.0. The normalized spacial score (nSPS) is 11.6. The topological polar surface area (TPSA) is 93.1 Å². The second-order valence-electron chi connectivity index (χ2n) is 4.91. The molecule has 0 aromatic heterocycles. The predicted molar refractivity (Wildman–Crippen MR) is 77.1 cm³/mol. The molecule has 7 heteroatoms. The molecule has 1 rings (SSSR count). The molecule has 0 aliphatic carbocycles.